The van der Waals surface area contributed by atoms with Gasteiger partial charge in [-0.1, -0.05) is 36.5 Å². The SMILES string of the molecule is C/C=C/C=C/CC/C=C/CCC#N. The molecule has 1 heteroatoms. The lowest BCUT2D eigenvalue weighted by molar-refractivity contribution is 1.01. The molecule has 0 atom stereocenters. The van der Waals surface area contributed by atoms with Gasteiger partial charge in [0.05, 0.1) is 6.07 Å². The predicted octanol–water partition coefficient (Wildman–Crippen LogP) is 3.76. The van der Waals surface area contributed by atoms with E-state index >= 15 is 0 Å². The molecular formula is C12H17N. The maximum Gasteiger partial charge on any atom is 0.0624 e. The summed E-state index contributed by atoms with van der Waals surface area (Å²) in [5, 5.41) is 8.26. The van der Waals surface area contributed by atoms with Gasteiger partial charge in [-0.15, -0.1) is 0 Å². The molecule has 0 aliphatic rings. The zero-order valence-corrected chi connectivity index (χ0v) is 8.24. The van der Waals surface area contributed by atoms with Crippen molar-refractivity contribution < 1.29 is 0 Å². The monoisotopic (exact) mass is 175 g/mol. The fourth-order valence-corrected chi connectivity index (χ4v) is 0.862. The summed E-state index contributed by atoms with van der Waals surface area (Å²) in [5.41, 5.74) is 0. The lowest BCUT2D eigenvalue weighted by Gasteiger charge is -1.85. The minimum absolute atomic E-state index is 0.630. The van der Waals surface area contributed by atoms with Crippen molar-refractivity contribution in [2.75, 3.05) is 0 Å². The molecule has 0 aromatic heterocycles. The Bertz CT molecular complexity index is 216. The average molecular weight is 175 g/mol. The van der Waals surface area contributed by atoms with Crippen LogP contribution < -0.4 is 0 Å². The lowest BCUT2D eigenvalue weighted by Crippen LogP contribution is -1.66. The first-order valence-electron chi connectivity index (χ1n) is 4.71. The molecule has 0 rings (SSSR count). The van der Waals surface area contributed by atoms with Crippen molar-refractivity contribution in [2.24, 2.45) is 0 Å². The van der Waals surface area contributed by atoms with Crippen molar-refractivity contribution >= 4 is 0 Å². The van der Waals surface area contributed by atoms with Crippen molar-refractivity contribution in [3.8, 4) is 6.07 Å². The van der Waals surface area contributed by atoms with Gasteiger partial charge in [0.15, 0.2) is 0 Å². The van der Waals surface area contributed by atoms with E-state index in [4.69, 9.17) is 5.26 Å². The number of nitriles is 1. The third-order valence-electron chi connectivity index (χ3n) is 1.53. The Balaban J connectivity index is 3.25. The topological polar surface area (TPSA) is 23.8 Å². The third-order valence-corrected chi connectivity index (χ3v) is 1.53. The largest absolute Gasteiger partial charge is 0.198 e. The van der Waals surface area contributed by atoms with Crippen LogP contribution in [-0.2, 0) is 0 Å². The number of rotatable bonds is 6. The highest BCUT2D eigenvalue weighted by molar-refractivity contribution is 5.01. The highest BCUT2D eigenvalue weighted by Gasteiger charge is 1.77. The molecule has 0 saturated heterocycles. The van der Waals surface area contributed by atoms with Crippen LogP contribution in [0.5, 0.6) is 0 Å². The van der Waals surface area contributed by atoms with Crippen LogP contribution in [0.2, 0.25) is 0 Å². The van der Waals surface area contributed by atoms with Crippen molar-refractivity contribution in [1.29, 1.82) is 5.26 Å². The van der Waals surface area contributed by atoms with Crippen LogP contribution in [0.4, 0.5) is 0 Å². The Morgan fingerprint density at radius 2 is 1.69 bits per heavy atom. The van der Waals surface area contributed by atoms with Gasteiger partial charge in [0.25, 0.3) is 0 Å². The van der Waals surface area contributed by atoms with Gasteiger partial charge in [0, 0.05) is 6.42 Å². The molecule has 0 aromatic rings. The molecule has 0 heterocycles. The normalized spacial score (nSPS) is 11.7. The van der Waals surface area contributed by atoms with Crippen molar-refractivity contribution in [2.45, 2.75) is 32.6 Å². The number of nitrogens with zero attached hydrogens (tertiary/aromatic N) is 1. The summed E-state index contributed by atoms with van der Waals surface area (Å²) in [6.07, 6.45) is 16.1. The molecular weight excluding hydrogens is 158 g/mol. The summed E-state index contributed by atoms with van der Waals surface area (Å²) in [7, 11) is 0. The van der Waals surface area contributed by atoms with Crippen LogP contribution in [0.3, 0.4) is 0 Å². The van der Waals surface area contributed by atoms with E-state index in [9.17, 15) is 0 Å². The van der Waals surface area contributed by atoms with Gasteiger partial charge < -0.3 is 0 Å². The average Bonchev–Trinajstić information content (AvgIpc) is 2.16. The van der Waals surface area contributed by atoms with E-state index in [2.05, 4.69) is 30.4 Å². The molecule has 0 spiro atoms. The minimum Gasteiger partial charge on any atom is -0.198 e. The number of unbranched alkanes of at least 4 members (excludes halogenated alkanes) is 2. The Hall–Kier alpha value is -1.29. The van der Waals surface area contributed by atoms with Gasteiger partial charge >= 0.3 is 0 Å². The molecule has 70 valence electrons. The molecule has 0 fully saturated rings. The van der Waals surface area contributed by atoms with E-state index in [0.29, 0.717) is 6.42 Å². The third kappa shape index (κ3) is 10.7. The second-order valence-electron chi connectivity index (χ2n) is 2.70. The Morgan fingerprint density at radius 3 is 2.38 bits per heavy atom. The van der Waals surface area contributed by atoms with Crippen molar-refractivity contribution in [3.63, 3.8) is 0 Å². The van der Waals surface area contributed by atoms with Gasteiger partial charge in [-0.3, -0.25) is 0 Å². The molecule has 0 radical (unpaired) electrons. The van der Waals surface area contributed by atoms with E-state index < -0.39 is 0 Å². The summed E-state index contributed by atoms with van der Waals surface area (Å²) in [6.45, 7) is 2.01. The van der Waals surface area contributed by atoms with Gasteiger partial charge in [0.2, 0.25) is 0 Å². The summed E-state index contributed by atoms with van der Waals surface area (Å²) < 4.78 is 0. The first-order valence-corrected chi connectivity index (χ1v) is 4.71. The molecule has 1 nitrogen and oxygen atoms in total. The highest BCUT2D eigenvalue weighted by Crippen LogP contribution is 1.96. The first kappa shape index (κ1) is 11.7. The molecule has 0 aromatic carbocycles. The van der Waals surface area contributed by atoms with Gasteiger partial charge in [-0.2, -0.15) is 5.26 Å². The Labute approximate surface area is 81.1 Å². The second kappa shape index (κ2) is 10.7. The predicted molar refractivity (Wildman–Crippen MR) is 57.2 cm³/mol. The van der Waals surface area contributed by atoms with Gasteiger partial charge in [0.1, 0.15) is 0 Å². The fourth-order valence-electron chi connectivity index (χ4n) is 0.862. The van der Waals surface area contributed by atoms with Crippen LogP contribution in [0.1, 0.15) is 32.6 Å². The Kier molecular flexibility index (Phi) is 9.65. The summed E-state index contributed by atoms with van der Waals surface area (Å²) in [5.74, 6) is 0. The molecule has 0 N–H and O–H groups in total. The maximum absolute atomic E-state index is 8.26. The van der Waals surface area contributed by atoms with Crippen LogP contribution >= 0.6 is 0 Å². The molecule has 13 heavy (non-hydrogen) atoms. The Morgan fingerprint density at radius 1 is 1.00 bits per heavy atom. The quantitative estimate of drug-likeness (QED) is 0.342. The molecule has 0 amide bonds. The number of hydrogen-bond acceptors (Lipinski definition) is 1. The zero-order valence-electron chi connectivity index (χ0n) is 8.24. The van der Waals surface area contributed by atoms with Crippen molar-refractivity contribution in [3.05, 3.63) is 36.5 Å². The fraction of sp³-hybridized carbons (Fsp3) is 0.417. The maximum atomic E-state index is 8.26. The summed E-state index contributed by atoms with van der Waals surface area (Å²) in [4.78, 5) is 0. The van der Waals surface area contributed by atoms with Crippen LogP contribution in [0, 0.1) is 11.3 Å². The van der Waals surface area contributed by atoms with E-state index in [1.54, 1.807) is 0 Å². The van der Waals surface area contributed by atoms with Gasteiger partial charge in [-0.25, -0.2) is 0 Å². The van der Waals surface area contributed by atoms with E-state index in [1.807, 2.05) is 19.1 Å². The zero-order chi connectivity index (χ0) is 9.78. The van der Waals surface area contributed by atoms with E-state index in [-0.39, 0.29) is 0 Å². The van der Waals surface area contributed by atoms with E-state index in [1.165, 1.54) is 0 Å². The molecule has 0 aliphatic heterocycles. The molecule has 0 aliphatic carbocycles. The highest BCUT2D eigenvalue weighted by atomic mass is 14.2. The number of hydrogen-bond donors (Lipinski definition) is 0. The first-order chi connectivity index (χ1) is 6.41. The van der Waals surface area contributed by atoms with Crippen LogP contribution in [0.15, 0.2) is 36.5 Å². The van der Waals surface area contributed by atoms with Gasteiger partial charge in [-0.05, 0) is 26.2 Å². The van der Waals surface area contributed by atoms with Crippen LogP contribution in [0.25, 0.3) is 0 Å². The molecule has 0 bridgehead atoms. The van der Waals surface area contributed by atoms with Crippen LogP contribution in [-0.4, -0.2) is 0 Å². The smallest absolute Gasteiger partial charge is 0.0624 e. The second-order valence-corrected chi connectivity index (χ2v) is 2.70. The minimum atomic E-state index is 0.630. The molecule has 0 unspecified atom stereocenters. The summed E-state index contributed by atoms with van der Waals surface area (Å²) in [6, 6.07) is 2.11. The summed E-state index contributed by atoms with van der Waals surface area (Å²) >= 11 is 0. The standard InChI is InChI=1S/C12H17N/c1-2-3-4-5-6-7-8-9-10-11-12-13/h2-5,8-9H,6-7,10-11H2,1H3/b3-2+,5-4+,9-8+. The van der Waals surface area contributed by atoms with Crippen molar-refractivity contribution in [1.82, 2.24) is 0 Å². The number of allylic oxidation sites excluding steroid dienone is 6. The van der Waals surface area contributed by atoms with E-state index in [0.717, 1.165) is 19.3 Å². The molecule has 0 saturated carbocycles. The lowest BCUT2D eigenvalue weighted by atomic mass is 10.2.